The fourth-order valence-electron chi connectivity index (χ4n) is 2.92. The van der Waals surface area contributed by atoms with Gasteiger partial charge >= 0.3 is 0 Å². The fraction of sp³-hybridized carbons (Fsp3) is 0.625. The third kappa shape index (κ3) is 4.45. The molecule has 1 saturated heterocycles. The van der Waals surface area contributed by atoms with Crippen molar-refractivity contribution in [1.82, 2.24) is 5.32 Å². The van der Waals surface area contributed by atoms with E-state index in [2.05, 4.69) is 5.32 Å². The van der Waals surface area contributed by atoms with Crippen LogP contribution >= 0.6 is 0 Å². The molecule has 21 heavy (non-hydrogen) atoms. The molecule has 1 aromatic carbocycles. The summed E-state index contributed by atoms with van der Waals surface area (Å²) in [7, 11) is -2.87. The van der Waals surface area contributed by atoms with Crippen molar-refractivity contribution in [2.24, 2.45) is 5.92 Å². The summed E-state index contributed by atoms with van der Waals surface area (Å²) in [5.41, 5.74) is 1.11. The maximum atomic E-state index is 11.7. The molecule has 0 amide bonds. The Balaban J connectivity index is 2.22. The molecule has 1 aliphatic rings. The summed E-state index contributed by atoms with van der Waals surface area (Å²) in [5.74, 6) is 1.57. The zero-order valence-corrected chi connectivity index (χ0v) is 13.8. The highest BCUT2D eigenvalue weighted by Gasteiger charge is 2.34. The lowest BCUT2D eigenvalue weighted by atomic mass is 9.92. The van der Waals surface area contributed by atoms with E-state index in [1.54, 1.807) is 0 Å². The van der Waals surface area contributed by atoms with Crippen LogP contribution in [0.15, 0.2) is 24.3 Å². The second-order valence-electron chi connectivity index (χ2n) is 5.94. The van der Waals surface area contributed by atoms with Crippen molar-refractivity contribution in [3.8, 4) is 5.75 Å². The predicted molar refractivity (Wildman–Crippen MR) is 85.4 cm³/mol. The van der Waals surface area contributed by atoms with Gasteiger partial charge in [0.05, 0.1) is 17.6 Å². The lowest BCUT2D eigenvalue weighted by Crippen LogP contribution is -2.29. The van der Waals surface area contributed by atoms with Gasteiger partial charge in [0.25, 0.3) is 0 Å². The van der Waals surface area contributed by atoms with Crippen LogP contribution < -0.4 is 10.1 Å². The number of hydrogen-bond donors (Lipinski definition) is 1. The van der Waals surface area contributed by atoms with E-state index >= 15 is 0 Å². The first-order chi connectivity index (χ1) is 9.91. The molecule has 2 rings (SSSR count). The Hall–Kier alpha value is -1.07. The molecule has 2 atom stereocenters. The molecule has 0 aromatic heterocycles. The average Bonchev–Trinajstić information content (AvgIpc) is 2.75. The molecule has 0 radical (unpaired) electrons. The largest absolute Gasteiger partial charge is 0.491 e. The number of nitrogens with one attached hydrogen (secondary N) is 1. The van der Waals surface area contributed by atoms with Gasteiger partial charge in [-0.15, -0.1) is 0 Å². The Morgan fingerprint density at radius 1 is 1.38 bits per heavy atom. The first-order valence-corrected chi connectivity index (χ1v) is 9.44. The van der Waals surface area contributed by atoms with E-state index in [1.807, 2.05) is 45.0 Å². The highest BCUT2D eigenvalue weighted by atomic mass is 32.2. The fourth-order valence-corrected chi connectivity index (χ4v) is 4.76. The maximum Gasteiger partial charge on any atom is 0.150 e. The molecule has 0 aliphatic carbocycles. The van der Waals surface area contributed by atoms with Crippen LogP contribution in [0.5, 0.6) is 5.75 Å². The van der Waals surface area contributed by atoms with Crippen LogP contribution in [-0.2, 0) is 9.84 Å². The molecule has 4 nitrogen and oxygen atoms in total. The van der Waals surface area contributed by atoms with Crippen LogP contribution in [0.2, 0.25) is 0 Å². The second-order valence-corrected chi connectivity index (χ2v) is 8.17. The molecule has 5 heteroatoms. The Morgan fingerprint density at radius 2 is 2.14 bits per heavy atom. The quantitative estimate of drug-likeness (QED) is 0.877. The second kappa shape index (κ2) is 6.79. The van der Waals surface area contributed by atoms with Gasteiger partial charge in [-0.25, -0.2) is 8.42 Å². The lowest BCUT2D eigenvalue weighted by molar-refractivity contribution is 0.241. The van der Waals surface area contributed by atoms with Crippen LogP contribution in [0.4, 0.5) is 0 Å². The van der Waals surface area contributed by atoms with Crippen LogP contribution in [0.25, 0.3) is 0 Å². The highest BCUT2D eigenvalue weighted by Crippen LogP contribution is 2.32. The lowest BCUT2D eigenvalue weighted by Gasteiger charge is -2.24. The topological polar surface area (TPSA) is 55.4 Å². The summed E-state index contributed by atoms with van der Waals surface area (Å²) in [6, 6.07) is 8.06. The number of hydrogen-bond acceptors (Lipinski definition) is 4. The Morgan fingerprint density at radius 3 is 2.71 bits per heavy atom. The van der Waals surface area contributed by atoms with Crippen molar-refractivity contribution in [1.29, 1.82) is 0 Å². The molecule has 1 heterocycles. The standard InChI is InChI=1S/C16H25NO3S/c1-4-17-16(14-8-9-21(18,19)11-14)13-6-5-7-15(10-13)20-12(2)3/h5-7,10,12,14,16-17H,4,8-9,11H2,1-3H3. The summed E-state index contributed by atoms with van der Waals surface area (Å²) in [4.78, 5) is 0. The van der Waals surface area contributed by atoms with Crippen molar-refractivity contribution in [3.05, 3.63) is 29.8 Å². The highest BCUT2D eigenvalue weighted by molar-refractivity contribution is 7.91. The van der Waals surface area contributed by atoms with E-state index in [4.69, 9.17) is 4.74 Å². The first-order valence-electron chi connectivity index (χ1n) is 7.61. The first kappa shape index (κ1) is 16.3. The minimum Gasteiger partial charge on any atom is -0.491 e. The van der Waals surface area contributed by atoms with E-state index in [0.717, 1.165) is 24.3 Å². The zero-order chi connectivity index (χ0) is 15.5. The van der Waals surface area contributed by atoms with Gasteiger partial charge in [-0.1, -0.05) is 19.1 Å². The molecule has 0 spiro atoms. The molecule has 2 unspecified atom stereocenters. The number of rotatable bonds is 6. The molecule has 0 saturated carbocycles. The molecule has 1 fully saturated rings. The Labute approximate surface area is 127 Å². The van der Waals surface area contributed by atoms with Crippen molar-refractivity contribution in [2.75, 3.05) is 18.1 Å². The van der Waals surface area contributed by atoms with Crippen molar-refractivity contribution in [2.45, 2.75) is 39.3 Å². The Bertz CT molecular complexity index is 569. The SMILES string of the molecule is CCNC(c1cccc(OC(C)C)c1)C1CCS(=O)(=O)C1. The van der Waals surface area contributed by atoms with Gasteiger partial charge in [-0.3, -0.25) is 0 Å². The van der Waals surface area contributed by atoms with E-state index in [9.17, 15) is 8.42 Å². The third-order valence-electron chi connectivity index (χ3n) is 3.75. The zero-order valence-electron chi connectivity index (χ0n) is 13.0. The maximum absolute atomic E-state index is 11.7. The minimum atomic E-state index is -2.87. The number of benzene rings is 1. The van der Waals surface area contributed by atoms with Crippen LogP contribution in [0.3, 0.4) is 0 Å². The summed E-state index contributed by atoms with van der Waals surface area (Å²) < 4.78 is 29.2. The van der Waals surface area contributed by atoms with Crippen LogP contribution in [-0.4, -0.2) is 32.6 Å². The average molecular weight is 311 g/mol. The van der Waals surface area contributed by atoms with Crippen molar-refractivity contribution >= 4 is 9.84 Å². The van der Waals surface area contributed by atoms with Crippen LogP contribution in [0.1, 0.15) is 38.8 Å². The molecule has 118 valence electrons. The number of ether oxygens (including phenoxy) is 1. The molecule has 1 N–H and O–H groups in total. The van der Waals surface area contributed by atoms with E-state index in [0.29, 0.717) is 5.75 Å². The van der Waals surface area contributed by atoms with Crippen molar-refractivity contribution < 1.29 is 13.2 Å². The molecular formula is C16H25NO3S. The van der Waals surface area contributed by atoms with Crippen molar-refractivity contribution in [3.63, 3.8) is 0 Å². The molecule has 1 aliphatic heterocycles. The smallest absolute Gasteiger partial charge is 0.150 e. The van der Waals surface area contributed by atoms with Gasteiger partial charge in [-0.05, 0) is 50.4 Å². The molecule has 0 bridgehead atoms. The van der Waals surface area contributed by atoms with E-state index in [1.165, 1.54) is 0 Å². The third-order valence-corrected chi connectivity index (χ3v) is 5.55. The summed E-state index contributed by atoms with van der Waals surface area (Å²) in [6.07, 6.45) is 0.861. The van der Waals surface area contributed by atoms with Gasteiger partial charge in [0.1, 0.15) is 5.75 Å². The number of sulfone groups is 1. The minimum absolute atomic E-state index is 0.0722. The Kier molecular flexibility index (Phi) is 5.27. The van der Waals surface area contributed by atoms with Gasteiger partial charge in [-0.2, -0.15) is 0 Å². The summed E-state index contributed by atoms with van der Waals surface area (Å²) in [6.45, 7) is 6.86. The predicted octanol–water partition coefficient (Wildman–Crippen LogP) is 2.56. The van der Waals surface area contributed by atoms with Gasteiger partial charge in [0.2, 0.25) is 0 Å². The monoisotopic (exact) mass is 311 g/mol. The summed E-state index contributed by atoms with van der Waals surface area (Å²) >= 11 is 0. The van der Waals surface area contributed by atoms with E-state index in [-0.39, 0.29) is 23.8 Å². The van der Waals surface area contributed by atoms with E-state index < -0.39 is 9.84 Å². The normalized spacial score (nSPS) is 22.4. The van der Waals surface area contributed by atoms with Gasteiger partial charge in [0, 0.05) is 6.04 Å². The van der Waals surface area contributed by atoms with Gasteiger partial charge < -0.3 is 10.1 Å². The van der Waals surface area contributed by atoms with Gasteiger partial charge in [0.15, 0.2) is 9.84 Å². The molecule has 1 aromatic rings. The summed E-state index contributed by atoms with van der Waals surface area (Å²) in [5, 5.41) is 3.44. The molecular weight excluding hydrogens is 286 g/mol. The van der Waals surface area contributed by atoms with Crippen LogP contribution in [0, 0.1) is 5.92 Å².